The Bertz CT molecular complexity index is 736. The van der Waals surface area contributed by atoms with Gasteiger partial charge in [0, 0.05) is 17.1 Å². The summed E-state index contributed by atoms with van der Waals surface area (Å²) in [6.07, 6.45) is 1.57. The predicted octanol–water partition coefficient (Wildman–Crippen LogP) is 3.07. The van der Waals surface area contributed by atoms with Gasteiger partial charge in [0.15, 0.2) is 6.61 Å². The van der Waals surface area contributed by atoms with Crippen LogP contribution >= 0.6 is 27.7 Å². The third kappa shape index (κ3) is 5.33. The minimum atomic E-state index is -0.485. The number of hydrogen-bond acceptors (Lipinski definition) is 7. The van der Waals surface area contributed by atoms with Gasteiger partial charge in [-0.2, -0.15) is 0 Å². The highest BCUT2D eigenvalue weighted by Gasteiger charge is 2.34. The number of methoxy groups -OCH3 is 1. The van der Waals surface area contributed by atoms with Gasteiger partial charge in [0.2, 0.25) is 0 Å². The first-order valence-corrected chi connectivity index (χ1v) is 9.39. The molecule has 1 aromatic carbocycles. The van der Waals surface area contributed by atoms with E-state index in [1.807, 2.05) is 0 Å². The summed E-state index contributed by atoms with van der Waals surface area (Å²) in [4.78, 5) is 37.3. The molecule has 1 saturated heterocycles. The quantitative estimate of drug-likeness (QED) is 0.450. The van der Waals surface area contributed by atoms with Gasteiger partial charge in [0.25, 0.3) is 11.1 Å². The number of ether oxygens (including phenoxy) is 3. The monoisotopic (exact) mass is 443 g/mol. The average molecular weight is 444 g/mol. The Balaban J connectivity index is 2.21. The normalized spacial score (nSPS) is 15.7. The maximum atomic E-state index is 12.4. The summed E-state index contributed by atoms with van der Waals surface area (Å²) in [5.74, 6) is -0.459. The zero-order valence-electron chi connectivity index (χ0n) is 14.3. The Hall–Kier alpha value is -1.84. The number of hydrogen-bond donors (Lipinski definition) is 0. The van der Waals surface area contributed by atoms with Crippen molar-refractivity contribution in [2.75, 3.05) is 33.5 Å². The summed E-state index contributed by atoms with van der Waals surface area (Å²) >= 11 is 4.22. The van der Waals surface area contributed by atoms with Crippen molar-refractivity contribution in [2.45, 2.75) is 6.92 Å². The summed E-state index contributed by atoms with van der Waals surface area (Å²) in [5.41, 5.74) is 0.570. The van der Waals surface area contributed by atoms with E-state index in [0.717, 1.165) is 21.1 Å². The third-order valence-electron chi connectivity index (χ3n) is 3.30. The van der Waals surface area contributed by atoms with Crippen LogP contribution in [0.3, 0.4) is 0 Å². The van der Waals surface area contributed by atoms with Crippen LogP contribution in [0.15, 0.2) is 27.6 Å². The van der Waals surface area contributed by atoms with E-state index in [4.69, 9.17) is 14.2 Å². The molecule has 0 bridgehead atoms. The molecule has 1 heterocycles. The summed E-state index contributed by atoms with van der Waals surface area (Å²) < 4.78 is 16.0. The minimum absolute atomic E-state index is 0.198. The van der Waals surface area contributed by atoms with E-state index in [0.29, 0.717) is 11.3 Å². The van der Waals surface area contributed by atoms with Crippen molar-refractivity contribution in [1.82, 2.24) is 4.90 Å². The number of benzene rings is 1. The first-order chi connectivity index (χ1) is 12.5. The van der Waals surface area contributed by atoms with Crippen molar-refractivity contribution in [3.63, 3.8) is 0 Å². The van der Waals surface area contributed by atoms with Gasteiger partial charge in [-0.3, -0.25) is 14.5 Å². The Kier molecular flexibility index (Phi) is 7.67. The highest BCUT2D eigenvalue weighted by atomic mass is 79.9. The van der Waals surface area contributed by atoms with Gasteiger partial charge in [-0.25, -0.2) is 4.79 Å². The fourth-order valence-electron chi connectivity index (χ4n) is 2.12. The molecule has 1 aliphatic rings. The Morgan fingerprint density at radius 1 is 1.35 bits per heavy atom. The van der Waals surface area contributed by atoms with Gasteiger partial charge in [0.1, 0.15) is 5.75 Å². The standard InChI is InChI=1S/C17H18BrNO6S/c1-3-24-15(20)10-25-13-5-4-12(18)8-11(13)9-14-16(21)19(6-7-23-2)17(22)26-14/h4-5,8-9H,3,6-7,10H2,1-2H3. The van der Waals surface area contributed by atoms with Crippen molar-refractivity contribution in [3.05, 3.63) is 33.1 Å². The maximum Gasteiger partial charge on any atom is 0.344 e. The molecule has 0 N–H and O–H groups in total. The van der Waals surface area contributed by atoms with Crippen molar-refractivity contribution in [2.24, 2.45) is 0 Å². The fraction of sp³-hybridized carbons (Fsp3) is 0.353. The molecule has 140 valence electrons. The van der Waals surface area contributed by atoms with Crippen LogP contribution < -0.4 is 4.74 Å². The molecule has 0 aromatic heterocycles. The van der Waals surface area contributed by atoms with Crippen molar-refractivity contribution < 1.29 is 28.6 Å². The molecule has 0 spiro atoms. The lowest BCUT2D eigenvalue weighted by molar-refractivity contribution is -0.145. The molecule has 0 atom stereocenters. The van der Waals surface area contributed by atoms with Crippen LogP contribution in [0.1, 0.15) is 12.5 Å². The van der Waals surface area contributed by atoms with Crippen LogP contribution in [0.2, 0.25) is 0 Å². The Labute approximate surface area is 163 Å². The van der Waals surface area contributed by atoms with E-state index in [9.17, 15) is 14.4 Å². The lowest BCUT2D eigenvalue weighted by atomic mass is 10.2. The largest absolute Gasteiger partial charge is 0.481 e. The highest BCUT2D eigenvalue weighted by molar-refractivity contribution is 9.10. The zero-order chi connectivity index (χ0) is 19.1. The van der Waals surface area contributed by atoms with E-state index in [1.165, 1.54) is 7.11 Å². The van der Waals surface area contributed by atoms with Gasteiger partial charge in [-0.15, -0.1) is 0 Å². The molecule has 0 radical (unpaired) electrons. The van der Waals surface area contributed by atoms with Crippen molar-refractivity contribution in [3.8, 4) is 5.75 Å². The van der Waals surface area contributed by atoms with Crippen LogP contribution in [0.5, 0.6) is 5.75 Å². The van der Waals surface area contributed by atoms with E-state index in [1.54, 1.807) is 31.2 Å². The van der Waals surface area contributed by atoms with E-state index >= 15 is 0 Å². The highest BCUT2D eigenvalue weighted by Crippen LogP contribution is 2.34. The molecule has 0 aliphatic carbocycles. The third-order valence-corrected chi connectivity index (χ3v) is 4.70. The molecular weight excluding hydrogens is 426 g/mol. The predicted molar refractivity (Wildman–Crippen MR) is 101 cm³/mol. The van der Waals surface area contributed by atoms with Gasteiger partial charge in [-0.05, 0) is 43.0 Å². The van der Waals surface area contributed by atoms with Crippen LogP contribution in [0.25, 0.3) is 6.08 Å². The molecular formula is C17H18BrNO6S. The molecule has 1 fully saturated rings. The number of rotatable bonds is 8. The molecule has 26 heavy (non-hydrogen) atoms. The number of carbonyl (C=O) groups is 3. The summed E-state index contributed by atoms with van der Waals surface area (Å²) in [6.45, 7) is 2.21. The van der Waals surface area contributed by atoms with Gasteiger partial charge in [0.05, 0.1) is 24.7 Å². The second-order valence-corrected chi connectivity index (χ2v) is 7.01. The van der Waals surface area contributed by atoms with Crippen LogP contribution in [0.4, 0.5) is 4.79 Å². The van der Waals surface area contributed by atoms with E-state index < -0.39 is 5.97 Å². The summed E-state index contributed by atoms with van der Waals surface area (Å²) in [7, 11) is 1.50. The SMILES string of the molecule is CCOC(=O)COc1ccc(Br)cc1C=C1SC(=O)N(CCOC)C1=O. The second kappa shape index (κ2) is 9.75. The van der Waals surface area contributed by atoms with E-state index in [-0.39, 0.29) is 42.4 Å². The molecule has 0 unspecified atom stereocenters. The second-order valence-electron chi connectivity index (χ2n) is 5.10. The van der Waals surface area contributed by atoms with Crippen LogP contribution in [0, 0.1) is 0 Å². The van der Waals surface area contributed by atoms with Crippen molar-refractivity contribution in [1.29, 1.82) is 0 Å². The minimum Gasteiger partial charge on any atom is -0.481 e. The topological polar surface area (TPSA) is 82.1 Å². The van der Waals surface area contributed by atoms with Gasteiger partial charge < -0.3 is 14.2 Å². The average Bonchev–Trinajstić information content (AvgIpc) is 2.86. The fourth-order valence-corrected chi connectivity index (χ4v) is 3.35. The summed E-state index contributed by atoms with van der Waals surface area (Å²) in [5, 5.41) is -0.345. The molecule has 2 rings (SSSR count). The van der Waals surface area contributed by atoms with Crippen molar-refractivity contribution >= 4 is 50.9 Å². The number of nitrogens with zero attached hydrogens (tertiary/aromatic N) is 1. The lowest BCUT2D eigenvalue weighted by Crippen LogP contribution is -2.31. The number of halogens is 1. The maximum absolute atomic E-state index is 12.4. The zero-order valence-corrected chi connectivity index (χ0v) is 16.7. The number of amides is 2. The smallest absolute Gasteiger partial charge is 0.344 e. The molecule has 1 aromatic rings. The Morgan fingerprint density at radius 3 is 2.81 bits per heavy atom. The van der Waals surface area contributed by atoms with Crippen LogP contribution in [-0.4, -0.2) is 55.5 Å². The molecule has 0 saturated carbocycles. The Morgan fingerprint density at radius 2 is 2.12 bits per heavy atom. The molecule has 2 amide bonds. The van der Waals surface area contributed by atoms with E-state index in [2.05, 4.69) is 15.9 Å². The van der Waals surface area contributed by atoms with Gasteiger partial charge in [-0.1, -0.05) is 15.9 Å². The molecule has 7 nitrogen and oxygen atoms in total. The lowest BCUT2D eigenvalue weighted by Gasteiger charge is -2.11. The molecule has 9 heteroatoms. The summed E-state index contributed by atoms with van der Waals surface area (Å²) in [6, 6.07) is 5.16. The number of thioether (sulfide) groups is 1. The van der Waals surface area contributed by atoms with Gasteiger partial charge >= 0.3 is 5.97 Å². The molecule has 1 aliphatic heterocycles. The number of carbonyl (C=O) groups excluding carboxylic acids is 3. The first-order valence-electron chi connectivity index (χ1n) is 7.78. The first kappa shape index (κ1) is 20.5. The van der Waals surface area contributed by atoms with Crippen LogP contribution in [-0.2, 0) is 19.1 Å². The number of imide groups is 1. The number of esters is 1.